The SMILES string of the molecule is FC(F)(F)c1cccc(Cl)c1NCc1ccoc1. The van der Waals surface area contributed by atoms with Gasteiger partial charge in [0.1, 0.15) is 0 Å². The van der Waals surface area contributed by atoms with Crippen LogP contribution in [0, 0.1) is 0 Å². The normalized spacial score (nSPS) is 11.6. The molecule has 0 aliphatic rings. The molecule has 0 aliphatic heterocycles. The van der Waals surface area contributed by atoms with Crippen LogP contribution in [0.5, 0.6) is 0 Å². The number of benzene rings is 1. The standard InChI is InChI=1S/C12H9ClF3NO/c13-10-3-1-2-9(12(14,15)16)11(10)17-6-8-4-5-18-7-8/h1-5,7,17H,6H2. The molecule has 0 fully saturated rings. The lowest BCUT2D eigenvalue weighted by molar-refractivity contribution is -0.136. The fourth-order valence-electron chi connectivity index (χ4n) is 1.52. The lowest BCUT2D eigenvalue weighted by atomic mass is 10.1. The van der Waals surface area contributed by atoms with Crippen LogP contribution in [0.25, 0.3) is 0 Å². The van der Waals surface area contributed by atoms with E-state index in [2.05, 4.69) is 5.32 Å². The summed E-state index contributed by atoms with van der Waals surface area (Å²) in [6, 6.07) is 5.34. The summed E-state index contributed by atoms with van der Waals surface area (Å²) >= 11 is 5.79. The van der Waals surface area contributed by atoms with Crippen molar-refractivity contribution in [1.29, 1.82) is 0 Å². The first kappa shape index (κ1) is 12.8. The maximum atomic E-state index is 12.8. The van der Waals surface area contributed by atoms with Crippen LogP contribution in [-0.4, -0.2) is 0 Å². The number of halogens is 4. The zero-order chi connectivity index (χ0) is 13.2. The third-order valence-electron chi connectivity index (χ3n) is 2.37. The molecule has 2 rings (SSSR count). The van der Waals surface area contributed by atoms with Gasteiger partial charge in [-0.2, -0.15) is 13.2 Å². The van der Waals surface area contributed by atoms with Gasteiger partial charge in [-0.25, -0.2) is 0 Å². The van der Waals surface area contributed by atoms with Crippen LogP contribution >= 0.6 is 11.6 Å². The first-order valence-corrected chi connectivity index (χ1v) is 5.47. The average Bonchev–Trinajstić information content (AvgIpc) is 2.78. The summed E-state index contributed by atoms with van der Waals surface area (Å²) in [5.74, 6) is 0. The van der Waals surface area contributed by atoms with E-state index in [4.69, 9.17) is 16.0 Å². The number of furan rings is 1. The maximum absolute atomic E-state index is 12.8. The predicted octanol–water partition coefficient (Wildman–Crippen LogP) is 4.56. The molecule has 2 nitrogen and oxygen atoms in total. The minimum atomic E-state index is -4.44. The Morgan fingerprint density at radius 1 is 1.22 bits per heavy atom. The van der Waals surface area contributed by atoms with Gasteiger partial charge in [-0.1, -0.05) is 17.7 Å². The highest BCUT2D eigenvalue weighted by molar-refractivity contribution is 6.33. The van der Waals surface area contributed by atoms with Crippen molar-refractivity contribution >= 4 is 17.3 Å². The van der Waals surface area contributed by atoms with E-state index in [0.29, 0.717) is 0 Å². The Morgan fingerprint density at radius 3 is 2.61 bits per heavy atom. The van der Waals surface area contributed by atoms with E-state index in [9.17, 15) is 13.2 Å². The van der Waals surface area contributed by atoms with Gasteiger partial charge in [0.05, 0.1) is 28.8 Å². The zero-order valence-electron chi connectivity index (χ0n) is 9.09. The van der Waals surface area contributed by atoms with E-state index < -0.39 is 11.7 Å². The van der Waals surface area contributed by atoms with Gasteiger partial charge in [-0.15, -0.1) is 0 Å². The highest BCUT2D eigenvalue weighted by Crippen LogP contribution is 2.38. The molecule has 0 amide bonds. The second kappa shape index (κ2) is 4.94. The molecule has 0 atom stereocenters. The number of hydrogen-bond acceptors (Lipinski definition) is 2. The topological polar surface area (TPSA) is 25.2 Å². The molecule has 0 spiro atoms. The zero-order valence-corrected chi connectivity index (χ0v) is 9.85. The summed E-state index contributed by atoms with van der Waals surface area (Å²) in [5.41, 5.74) is -0.158. The van der Waals surface area contributed by atoms with Gasteiger partial charge in [0.2, 0.25) is 0 Å². The number of anilines is 1. The molecule has 0 radical (unpaired) electrons. The Hall–Kier alpha value is -1.62. The fourth-order valence-corrected chi connectivity index (χ4v) is 1.77. The minimum Gasteiger partial charge on any atom is -0.472 e. The van der Waals surface area contributed by atoms with Crippen molar-refractivity contribution in [3.05, 3.63) is 52.9 Å². The van der Waals surface area contributed by atoms with Gasteiger partial charge in [-0.3, -0.25) is 0 Å². The Bertz CT molecular complexity index is 523. The van der Waals surface area contributed by atoms with Crippen molar-refractivity contribution in [2.45, 2.75) is 12.7 Å². The molecule has 0 saturated heterocycles. The highest BCUT2D eigenvalue weighted by atomic mass is 35.5. The fraction of sp³-hybridized carbons (Fsp3) is 0.167. The van der Waals surface area contributed by atoms with Gasteiger partial charge in [0.15, 0.2) is 0 Å². The first-order chi connectivity index (χ1) is 8.48. The van der Waals surface area contributed by atoms with Crippen molar-refractivity contribution in [2.24, 2.45) is 0 Å². The molecule has 2 aromatic rings. The van der Waals surface area contributed by atoms with E-state index in [-0.39, 0.29) is 17.3 Å². The monoisotopic (exact) mass is 275 g/mol. The molecule has 1 heterocycles. The van der Waals surface area contributed by atoms with Gasteiger partial charge < -0.3 is 9.73 Å². The molecule has 0 unspecified atom stereocenters. The van der Waals surface area contributed by atoms with Crippen molar-refractivity contribution < 1.29 is 17.6 Å². The van der Waals surface area contributed by atoms with E-state index in [1.165, 1.54) is 24.7 Å². The van der Waals surface area contributed by atoms with Crippen molar-refractivity contribution in [1.82, 2.24) is 0 Å². The maximum Gasteiger partial charge on any atom is 0.418 e. The van der Waals surface area contributed by atoms with Crippen LogP contribution < -0.4 is 5.32 Å². The molecule has 1 aromatic heterocycles. The lowest BCUT2D eigenvalue weighted by Crippen LogP contribution is -2.11. The summed E-state index contributed by atoms with van der Waals surface area (Å²) in [5, 5.41) is 2.71. The Morgan fingerprint density at radius 2 is 2.00 bits per heavy atom. The van der Waals surface area contributed by atoms with E-state index in [1.54, 1.807) is 6.07 Å². The number of alkyl halides is 3. The lowest BCUT2D eigenvalue weighted by Gasteiger charge is -2.15. The Balaban J connectivity index is 2.26. The summed E-state index contributed by atoms with van der Waals surface area (Å²) in [6.07, 6.45) is -1.53. The summed E-state index contributed by atoms with van der Waals surface area (Å²) < 4.78 is 43.2. The number of nitrogens with one attached hydrogen (secondary N) is 1. The van der Waals surface area contributed by atoms with Crippen LogP contribution in [0.4, 0.5) is 18.9 Å². The smallest absolute Gasteiger partial charge is 0.418 e. The summed E-state index contributed by atoms with van der Waals surface area (Å²) in [7, 11) is 0. The predicted molar refractivity (Wildman–Crippen MR) is 62.5 cm³/mol. The highest BCUT2D eigenvalue weighted by Gasteiger charge is 2.34. The molecule has 6 heteroatoms. The molecular weight excluding hydrogens is 267 g/mol. The molecule has 96 valence electrons. The number of hydrogen-bond donors (Lipinski definition) is 1. The van der Waals surface area contributed by atoms with E-state index >= 15 is 0 Å². The van der Waals surface area contributed by atoms with Crippen LogP contribution in [0.3, 0.4) is 0 Å². The Kier molecular flexibility index (Phi) is 3.52. The van der Waals surface area contributed by atoms with E-state index in [0.717, 1.165) is 11.6 Å². The quantitative estimate of drug-likeness (QED) is 0.888. The molecule has 0 saturated carbocycles. The second-order valence-electron chi connectivity index (χ2n) is 3.65. The third kappa shape index (κ3) is 2.79. The first-order valence-electron chi connectivity index (χ1n) is 5.09. The molecule has 18 heavy (non-hydrogen) atoms. The average molecular weight is 276 g/mol. The second-order valence-corrected chi connectivity index (χ2v) is 4.05. The number of para-hydroxylation sites is 1. The van der Waals surface area contributed by atoms with Gasteiger partial charge in [-0.05, 0) is 18.2 Å². The van der Waals surface area contributed by atoms with E-state index in [1.807, 2.05) is 0 Å². The van der Waals surface area contributed by atoms with Crippen LogP contribution in [0.1, 0.15) is 11.1 Å². The van der Waals surface area contributed by atoms with Gasteiger partial charge >= 0.3 is 6.18 Å². The number of rotatable bonds is 3. The molecule has 1 N–H and O–H groups in total. The van der Waals surface area contributed by atoms with Crippen LogP contribution in [0.2, 0.25) is 5.02 Å². The largest absolute Gasteiger partial charge is 0.472 e. The molecule has 0 aliphatic carbocycles. The van der Waals surface area contributed by atoms with Gasteiger partial charge in [0.25, 0.3) is 0 Å². The van der Waals surface area contributed by atoms with Crippen molar-refractivity contribution in [2.75, 3.05) is 5.32 Å². The van der Waals surface area contributed by atoms with Crippen molar-refractivity contribution in [3.8, 4) is 0 Å². The minimum absolute atomic E-state index is 0.0355. The summed E-state index contributed by atoms with van der Waals surface area (Å²) in [4.78, 5) is 0. The third-order valence-corrected chi connectivity index (χ3v) is 2.68. The Labute approximate surface area is 106 Å². The van der Waals surface area contributed by atoms with Gasteiger partial charge in [0, 0.05) is 12.1 Å². The molecule has 1 aromatic carbocycles. The van der Waals surface area contributed by atoms with Crippen molar-refractivity contribution in [3.63, 3.8) is 0 Å². The summed E-state index contributed by atoms with van der Waals surface area (Å²) in [6.45, 7) is 0.212. The molecular formula is C12H9ClF3NO. The van der Waals surface area contributed by atoms with Crippen LogP contribution in [-0.2, 0) is 12.7 Å². The molecule has 0 bridgehead atoms. The van der Waals surface area contributed by atoms with Crippen LogP contribution in [0.15, 0.2) is 41.2 Å².